The summed E-state index contributed by atoms with van der Waals surface area (Å²) in [5, 5.41) is 20.8. The summed E-state index contributed by atoms with van der Waals surface area (Å²) in [5.74, 6) is -0.738. The molecular weight excluding hydrogens is 190 g/mol. The second-order valence-corrected chi connectivity index (χ2v) is 3.82. The lowest BCUT2D eigenvalue weighted by Gasteiger charge is -2.20. The first-order valence-electron chi connectivity index (χ1n) is 4.40. The van der Waals surface area contributed by atoms with Crippen molar-refractivity contribution in [3.05, 3.63) is 0 Å². The fourth-order valence-electron chi connectivity index (χ4n) is 1.71. The number of oxime groups is 1. The molecule has 0 radical (unpaired) electrons. The van der Waals surface area contributed by atoms with E-state index >= 15 is 0 Å². The van der Waals surface area contributed by atoms with E-state index in [1.54, 1.807) is 13.8 Å². The number of fused-ring (bicyclic) bond motifs is 1. The second-order valence-electron chi connectivity index (χ2n) is 3.82. The molecule has 0 bridgehead atoms. The van der Waals surface area contributed by atoms with Crippen LogP contribution in [0.5, 0.6) is 0 Å². The highest BCUT2D eigenvalue weighted by molar-refractivity contribution is 5.64. The van der Waals surface area contributed by atoms with E-state index in [0.29, 0.717) is 0 Å². The minimum absolute atomic E-state index is 0.520. The van der Waals surface area contributed by atoms with Crippen molar-refractivity contribution >= 4 is 6.21 Å². The summed E-state index contributed by atoms with van der Waals surface area (Å²) in [7, 11) is 0. The Bertz CT molecular complexity index is 254. The molecule has 6 heteroatoms. The van der Waals surface area contributed by atoms with Crippen LogP contribution >= 0.6 is 0 Å². The molecule has 0 unspecified atom stereocenters. The number of ether oxygens (including phenoxy) is 3. The van der Waals surface area contributed by atoms with Crippen LogP contribution < -0.4 is 0 Å². The maximum Gasteiger partial charge on any atom is 0.190 e. The molecular formula is C8H13NO5. The minimum atomic E-state index is -0.863. The third-order valence-corrected chi connectivity index (χ3v) is 2.27. The highest BCUT2D eigenvalue weighted by Gasteiger charge is 2.53. The van der Waals surface area contributed by atoms with Crippen molar-refractivity contribution in [2.75, 3.05) is 0 Å². The molecule has 14 heavy (non-hydrogen) atoms. The molecule has 0 aromatic rings. The van der Waals surface area contributed by atoms with Crippen LogP contribution in [0.15, 0.2) is 5.16 Å². The number of hydrogen-bond donors (Lipinski definition) is 2. The Hall–Kier alpha value is -0.690. The quantitative estimate of drug-likeness (QED) is 0.347. The van der Waals surface area contributed by atoms with Gasteiger partial charge < -0.3 is 24.5 Å². The fraction of sp³-hybridized carbons (Fsp3) is 0.875. The molecule has 0 spiro atoms. The van der Waals surface area contributed by atoms with Gasteiger partial charge in [0.25, 0.3) is 0 Å². The molecule has 0 aliphatic carbocycles. The topological polar surface area (TPSA) is 80.5 Å². The van der Waals surface area contributed by atoms with E-state index in [1.807, 2.05) is 0 Å². The Morgan fingerprint density at radius 3 is 2.64 bits per heavy atom. The van der Waals surface area contributed by atoms with Gasteiger partial charge in [-0.3, -0.25) is 0 Å². The van der Waals surface area contributed by atoms with Gasteiger partial charge in [-0.25, -0.2) is 0 Å². The molecule has 2 heterocycles. The summed E-state index contributed by atoms with van der Waals surface area (Å²) in [4.78, 5) is 0. The predicted molar refractivity (Wildman–Crippen MR) is 45.0 cm³/mol. The highest BCUT2D eigenvalue weighted by Crippen LogP contribution is 2.36. The van der Waals surface area contributed by atoms with Crippen LogP contribution in [-0.2, 0) is 14.2 Å². The Morgan fingerprint density at radius 1 is 1.36 bits per heavy atom. The summed E-state index contributed by atoms with van der Waals surface area (Å²) < 4.78 is 16.1. The number of aliphatic hydroxyl groups is 1. The largest absolute Gasteiger partial charge is 0.411 e. The van der Waals surface area contributed by atoms with Crippen LogP contribution in [0.4, 0.5) is 0 Å². The molecule has 6 nitrogen and oxygen atoms in total. The molecule has 4 atom stereocenters. The third-order valence-electron chi connectivity index (χ3n) is 2.27. The van der Waals surface area contributed by atoms with Gasteiger partial charge in [-0.15, -0.1) is 0 Å². The molecule has 0 amide bonds. The van der Waals surface area contributed by atoms with Gasteiger partial charge in [-0.05, 0) is 13.8 Å². The number of hydrogen-bond acceptors (Lipinski definition) is 6. The van der Waals surface area contributed by atoms with E-state index < -0.39 is 30.4 Å². The molecule has 2 fully saturated rings. The van der Waals surface area contributed by atoms with Gasteiger partial charge >= 0.3 is 0 Å². The van der Waals surface area contributed by atoms with Crippen LogP contribution in [0, 0.1) is 0 Å². The van der Waals surface area contributed by atoms with E-state index in [9.17, 15) is 5.11 Å². The second kappa shape index (κ2) is 3.16. The van der Waals surface area contributed by atoms with Gasteiger partial charge in [-0.1, -0.05) is 5.16 Å². The van der Waals surface area contributed by atoms with E-state index in [4.69, 9.17) is 19.4 Å². The number of rotatable bonds is 1. The van der Waals surface area contributed by atoms with Gasteiger partial charge in [0.15, 0.2) is 12.1 Å². The number of aliphatic hydroxyl groups excluding tert-OH is 1. The van der Waals surface area contributed by atoms with E-state index in [2.05, 4.69) is 5.16 Å². The molecule has 0 saturated carbocycles. The van der Waals surface area contributed by atoms with E-state index in [-0.39, 0.29) is 0 Å². The van der Waals surface area contributed by atoms with Gasteiger partial charge in [0.2, 0.25) is 0 Å². The average molecular weight is 203 g/mol. The van der Waals surface area contributed by atoms with Crippen LogP contribution in [-0.4, -0.2) is 46.9 Å². The molecule has 0 aromatic heterocycles. The summed E-state index contributed by atoms with van der Waals surface area (Å²) in [5.41, 5.74) is 0. The smallest absolute Gasteiger partial charge is 0.190 e. The van der Waals surface area contributed by atoms with Crippen molar-refractivity contribution in [1.82, 2.24) is 0 Å². The Kier molecular flexibility index (Phi) is 2.23. The Labute approximate surface area is 81.1 Å². The molecule has 2 N–H and O–H groups in total. The summed E-state index contributed by atoms with van der Waals surface area (Å²) in [6.45, 7) is 3.49. The molecule has 2 aliphatic heterocycles. The Morgan fingerprint density at radius 2 is 2.07 bits per heavy atom. The zero-order valence-electron chi connectivity index (χ0n) is 7.95. The molecule has 2 saturated heterocycles. The standard InChI is InChI=1S/C8H13NO5/c1-8(2)13-6-5(10)4(3-9-11)12-7(6)14-8/h3-7,10-11H,1-2H3/b9-3+/t4-,5+,6-,7-/m1/s1. The zero-order valence-corrected chi connectivity index (χ0v) is 7.95. The van der Waals surface area contributed by atoms with Crippen molar-refractivity contribution in [3.63, 3.8) is 0 Å². The lowest BCUT2D eigenvalue weighted by Crippen LogP contribution is -2.35. The zero-order chi connectivity index (χ0) is 10.3. The fourth-order valence-corrected chi connectivity index (χ4v) is 1.71. The van der Waals surface area contributed by atoms with Crippen molar-refractivity contribution in [1.29, 1.82) is 0 Å². The molecule has 80 valence electrons. The molecule has 2 aliphatic rings. The lowest BCUT2D eigenvalue weighted by molar-refractivity contribution is -0.206. The molecule has 2 rings (SSSR count). The first-order valence-corrected chi connectivity index (χ1v) is 4.40. The van der Waals surface area contributed by atoms with E-state index in [0.717, 1.165) is 6.21 Å². The van der Waals surface area contributed by atoms with E-state index in [1.165, 1.54) is 0 Å². The maximum absolute atomic E-state index is 9.69. The van der Waals surface area contributed by atoms with Gasteiger partial charge in [0.1, 0.15) is 18.3 Å². The summed E-state index contributed by atoms with van der Waals surface area (Å²) in [6.07, 6.45) is -1.54. The van der Waals surface area contributed by atoms with Gasteiger partial charge in [0.05, 0.1) is 6.21 Å². The predicted octanol–water partition coefficient (Wildman–Crippen LogP) is -0.316. The van der Waals surface area contributed by atoms with Gasteiger partial charge in [0, 0.05) is 0 Å². The first kappa shape index (κ1) is 9.85. The number of nitrogens with zero attached hydrogens (tertiary/aromatic N) is 1. The first-order chi connectivity index (χ1) is 6.53. The summed E-state index contributed by atoms with van der Waals surface area (Å²) >= 11 is 0. The molecule has 0 aromatic carbocycles. The Balaban J connectivity index is 2.07. The van der Waals surface area contributed by atoms with Crippen LogP contribution in [0.25, 0.3) is 0 Å². The summed E-state index contributed by atoms with van der Waals surface area (Å²) in [6, 6.07) is 0. The van der Waals surface area contributed by atoms with Crippen LogP contribution in [0.2, 0.25) is 0 Å². The normalized spacial score (nSPS) is 45.9. The SMILES string of the molecule is CC1(C)O[C@H]2O[C@H](/C=N/O)[C@H](O)[C@H]2O1. The van der Waals surface area contributed by atoms with Crippen molar-refractivity contribution in [3.8, 4) is 0 Å². The maximum atomic E-state index is 9.69. The van der Waals surface area contributed by atoms with Crippen LogP contribution in [0.3, 0.4) is 0 Å². The monoisotopic (exact) mass is 203 g/mol. The average Bonchev–Trinajstić information content (AvgIpc) is 2.50. The van der Waals surface area contributed by atoms with Gasteiger partial charge in [-0.2, -0.15) is 0 Å². The van der Waals surface area contributed by atoms with Crippen molar-refractivity contribution < 1.29 is 24.5 Å². The lowest BCUT2D eigenvalue weighted by atomic mass is 10.1. The van der Waals surface area contributed by atoms with Crippen LogP contribution in [0.1, 0.15) is 13.8 Å². The van der Waals surface area contributed by atoms with Crippen molar-refractivity contribution in [2.45, 2.75) is 44.2 Å². The van der Waals surface area contributed by atoms with Crippen molar-refractivity contribution in [2.24, 2.45) is 5.16 Å². The highest BCUT2D eigenvalue weighted by atomic mass is 16.8. The third kappa shape index (κ3) is 1.50. The minimum Gasteiger partial charge on any atom is -0.411 e.